The molecule has 0 saturated carbocycles. The molecular formula is C10H2Br2I4N2. The highest BCUT2D eigenvalue weighted by Crippen LogP contribution is 2.41. The fourth-order valence-corrected chi connectivity index (χ4v) is 5.29. The van der Waals surface area contributed by atoms with Crippen LogP contribution < -0.4 is 0 Å². The summed E-state index contributed by atoms with van der Waals surface area (Å²) in [5, 5.41) is 0. The molecule has 0 aromatic carbocycles. The number of hydrogen-bond acceptors (Lipinski definition) is 2. The van der Waals surface area contributed by atoms with Crippen molar-refractivity contribution in [2.75, 3.05) is 0 Å². The van der Waals surface area contributed by atoms with Crippen molar-refractivity contribution in [1.82, 2.24) is 9.97 Å². The van der Waals surface area contributed by atoms with Gasteiger partial charge in [0.1, 0.15) is 7.40 Å². The zero-order valence-corrected chi connectivity index (χ0v) is 20.1. The summed E-state index contributed by atoms with van der Waals surface area (Å²) in [7, 11) is 0. The predicted octanol–water partition coefficient (Wildman–Crippen LogP) is 6.09. The molecule has 0 aliphatic heterocycles. The number of rotatable bonds is 1. The highest BCUT2D eigenvalue weighted by atomic mass is 127. The van der Waals surface area contributed by atoms with E-state index in [1.807, 2.05) is 12.4 Å². The molecule has 2 nitrogen and oxygen atoms in total. The van der Waals surface area contributed by atoms with Crippen LogP contribution in [0.1, 0.15) is 0 Å². The molecule has 94 valence electrons. The molecule has 0 aliphatic carbocycles. The van der Waals surface area contributed by atoms with E-state index in [2.05, 4.69) is 132 Å². The minimum atomic E-state index is 0.956. The third-order valence-electron chi connectivity index (χ3n) is 2.11. The summed E-state index contributed by atoms with van der Waals surface area (Å²) in [4.78, 5) is 8.69. The monoisotopic (exact) mass is 815 g/mol. The van der Waals surface area contributed by atoms with Gasteiger partial charge in [0, 0.05) is 30.7 Å². The summed E-state index contributed by atoms with van der Waals surface area (Å²) in [5.74, 6) is 0. The van der Waals surface area contributed by atoms with Gasteiger partial charge in [-0.1, -0.05) is 0 Å². The van der Waals surface area contributed by atoms with E-state index in [0.29, 0.717) is 0 Å². The first kappa shape index (κ1) is 16.5. The average molecular weight is 818 g/mol. The van der Waals surface area contributed by atoms with Gasteiger partial charge in [0.15, 0.2) is 0 Å². The molecular weight excluding hydrogens is 816 g/mol. The first-order valence-corrected chi connectivity index (χ1v) is 10.3. The van der Waals surface area contributed by atoms with Gasteiger partial charge in [0.2, 0.25) is 0 Å². The molecule has 0 fully saturated rings. The van der Waals surface area contributed by atoms with Crippen LogP contribution in [0.5, 0.6) is 0 Å². The van der Waals surface area contributed by atoms with Crippen LogP contribution in [0, 0.1) is 14.5 Å². The average Bonchev–Trinajstić information content (AvgIpc) is 2.33. The normalized spacial score (nSPS) is 10.8. The Morgan fingerprint density at radius 2 is 1.06 bits per heavy atom. The van der Waals surface area contributed by atoms with E-state index in [9.17, 15) is 0 Å². The van der Waals surface area contributed by atoms with Gasteiger partial charge in [-0.15, -0.1) is 0 Å². The Labute approximate surface area is 176 Å². The lowest BCUT2D eigenvalue weighted by Gasteiger charge is -2.13. The second-order valence-corrected chi connectivity index (χ2v) is 9.13. The summed E-state index contributed by atoms with van der Waals surface area (Å²) in [6.45, 7) is 0. The third kappa shape index (κ3) is 3.32. The van der Waals surface area contributed by atoms with Gasteiger partial charge < -0.3 is 0 Å². The van der Waals surface area contributed by atoms with Crippen molar-refractivity contribution >= 4 is 122 Å². The lowest BCUT2D eigenvalue weighted by Crippen LogP contribution is -1.97. The standard InChI is InChI=1S/C10H2Br2I4N2/c11-7-5(3(13)1-17-9(7)15)6-4(14)2-18-10(16)8(6)12/h1-2H. The van der Waals surface area contributed by atoms with E-state index in [4.69, 9.17) is 0 Å². The SMILES string of the molecule is Brc1c(I)ncc(I)c1-c1c(I)cnc(I)c1Br. The Kier molecular flexibility index (Phi) is 6.40. The lowest BCUT2D eigenvalue weighted by atomic mass is 10.1. The van der Waals surface area contributed by atoms with Gasteiger partial charge in [0.25, 0.3) is 0 Å². The van der Waals surface area contributed by atoms with Crippen LogP contribution in [0.2, 0.25) is 0 Å². The predicted molar refractivity (Wildman–Crippen MR) is 114 cm³/mol. The van der Waals surface area contributed by atoms with Crippen LogP contribution in [0.4, 0.5) is 0 Å². The zero-order valence-electron chi connectivity index (χ0n) is 8.32. The molecule has 0 radical (unpaired) electrons. The van der Waals surface area contributed by atoms with Gasteiger partial charge in [-0.25, -0.2) is 9.97 Å². The molecule has 2 heterocycles. The minimum absolute atomic E-state index is 0.956. The molecule has 0 atom stereocenters. The summed E-state index contributed by atoms with van der Waals surface area (Å²) >= 11 is 16.4. The summed E-state index contributed by atoms with van der Waals surface area (Å²) in [6.07, 6.45) is 3.77. The van der Waals surface area contributed by atoms with E-state index in [0.717, 1.165) is 34.6 Å². The molecule has 2 rings (SSSR count). The largest absolute Gasteiger partial charge is 0.248 e. The van der Waals surface area contributed by atoms with Gasteiger partial charge in [-0.2, -0.15) is 0 Å². The Morgan fingerprint density at radius 3 is 1.39 bits per heavy atom. The molecule has 0 amide bonds. The van der Waals surface area contributed by atoms with E-state index in [1.54, 1.807) is 0 Å². The molecule has 0 bridgehead atoms. The van der Waals surface area contributed by atoms with E-state index in [-0.39, 0.29) is 0 Å². The first-order valence-electron chi connectivity index (χ1n) is 4.42. The highest BCUT2D eigenvalue weighted by molar-refractivity contribution is 14.1. The van der Waals surface area contributed by atoms with Crippen LogP contribution in [-0.2, 0) is 0 Å². The summed E-state index contributed by atoms with van der Waals surface area (Å²) < 4.78 is 6.18. The zero-order chi connectivity index (χ0) is 13.4. The van der Waals surface area contributed by atoms with Crippen molar-refractivity contribution in [1.29, 1.82) is 0 Å². The van der Waals surface area contributed by atoms with Crippen molar-refractivity contribution in [2.24, 2.45) is 0 Å². The smallest absolute Gasteiger partial charge is 0.116 e. The number of aromatic nitrogens is 2. The van der Waals surface area contributed by atoms with Crippen molar-refractivity contribution in [3.8, 4) is 11.1 Å². The molecule has 0 N–H and O–H groups in total. The number of pyridine rings is 2. The van der Waals surface area contributed by atoms with E-state index < -0.39 is 0 Å². The fourth-order valence-electron chi connectivity index (χ4n) is 1.34. The van der Waals surface area contributed by atoms with E-state index in [1.165, 1.54) is 0 Å². The second kappa shape index (κ2) is 6.96. The molecule has 0 unspecified atom stereocenters. The Bertz CT molecular complexity index is 578. The van der Waals surface area contributed by atoms with Crippen LogP contribution in [-0.4, -0.2) is 9.97 Å². The van der Waals surface area contributed by atoms with Crippen LogP contribution in [0.15, 0.2) is 21.3 Å². The van der Waals surface area contributed by atoms with Gasteiger partial charge in [-0.3, -0.25) is 0 Å². The highest BCUT2D eigenvalue weighted by Gasteiger charge is 2.19. The Morgan fingerprint density at radius 1 is 0.722 bits per heavy atom. The Balaban J connectivity index is 2.85. The summed E-state index contributed by atoms with van der Waals surface area (Å²) in [5.41, 5.74) is 2.32. The Hall–Kier alpha value is 2.18. The molecule has 18 heavy (non-hydrogen) atoms. The van der Waals surface area contributed by atoms with Gasteiger partial charge >= 0.3 is 0 Å². The van der Waals surface area contributed by atoms with Crippen LogP contribution >= 0.6 is 122 Å². The molecule has 8 heteroatoms. The lowest BCUT2D eigenvalue weighted by molar-refractivity contribution is 1.20. The number of halogens is 6. The molecule has 2 aromatic heterocycles. The second-order valence-electron chi connectivity index (χ2n) is 3.17. The van der Waals surface area contributed by atoms with Crippen molar-refractivity contribution in [3.05, 3.63) is 35.9 Å². The maximum Gasteiger partial charge on any atom is 0.116 e. The topological polar surface area (TPSA) is 25.8 Å². The first-order chi connectivity index (χ1) is 8.43. The fraction of sp³-hybridized carbons (Fsp3) is 0. The maximum atomic E-state index is 4.34. The molecule has 0 saturated heterocycles. The quantitative estimate of drug-likeness (QED) is 0.258. The van der Waals surface area contributed by atoms with Crippen LogP contribution in [0.25, 0.3) is 11.1 Å². The number of nitrogens with zero attached hydrogens (tertiary/aromatic N) is 2. The molecule has 2 aromatic rings. The molecule has 0 spiro atoms. The van der Waals surface area contributed by atoms with Crippen molar-refractivity contribution in [3.63, 3.8) is 0 Å². The van der Waals surface area contributed by atoms with Crippen LogP contribution in [0.3, 0.4) is 0 Å². The van der Waals surface area contributed by atoms with E-state index >= 15 is 0 Å². The van der Waals surface area contributed by atoms with Crippen molar-refractivity contribution < 1.29 is 0 Å². The van der Waals surface area contributed by atoms with Crippen molar-refractivity contribution in [2.45, 2.75) is 0 Å². The number of hydrogen-bond donors (Lipinski definition) is 0. The van der Waals surface area contributed by atoms with Gasteiger partial charge in [0.05, 0.1) is 8.95 Å². The van der Waals surface area contributed by atoms with Gasteiger partial charge in [-0.05, 0) is 122 Å². The molecule has 0 aliphatic rings. The minimum Gasteiger partial charge on any atom is -0.248 e. The maximum absolute atomic E-state index is 4.34. The summed E-state index contributed by atoms with van der Waals surface area (Å²) in [6, 6.07) is 0. The third-order valence-corrected chi connectivity index (χ3v) is 8.41.